The lowest BCUT2D eigenvalue weighted by molar-refractivity contribution is -0.384. The fourth-order valence-electron chi connectivity index (χ4n) is 1.99. The van der Waals surface area contributed by atoms with Crippen LogP contribution in [0.5, 0.6) is 0 Å². The first-order valence-corrected chi connectivity index (χ1v) is 6.37. The maximum atomic E-state index is 11.5. The molecule has 0 saturated heterocycles. The van der Waals surface area contributed by atoms with Crippen LogP contribution in [0.4, 0.5) is 5.69 Å². The fraction of sp³-hybridized carbons (Fsp3) is 0.0667. The minimum Gasteiger partial charge on any atom is -0.457 e. The van der Waals surface area contributed by atoms with Crippen molar-refractivity contribution in [1.82, 2.24) is 0 Å². The van der Waals surface area contributed by atoms with E-state index in [0.29, 0.717) is 28.4 Å². The van der Waals surface area contributed by atoms with Crippen molar-refractivity contribution in [1.29, 1.82) is 0 Å². The first-order chi connectivity index (χ1) is 10.5. The summed E-state index contributed by atoms with van der Waals surface area (Å²) in [5.74, 6) is 0.491. The standard InChI is InChI=1S/C15H10N2O5/c1-9-13(15(18)22-16-9)8-12-6-7-14(21-12)10-2-4-11(5-3-10)17(19)20/h2-8H,1H3/b13-8-. The SMILES string of the molecule is CC1=NOC(=O)/C1=C\c1ccc(-c2ccc([N+](=O)[O-])cc2)o1. The van der Waals surface area contributed by atoms with Gasteiger partial charge in [-0.3, -0.25) is 10.1 Å². The molecule has 110 valence electrons. The number of nitro groups is 1. The summed E-state index contributed by atoms with van der Waals surface area (Å²) in [6, 6.07) is 9.43. The molecule has 1 aromatic heterocycles. The zero-order chi connectivity index (χ0) is 15.7. The zero-order valence-corrected chi connectivity index (χ0v) is 11.5. The summed E-state index contributed by atoms with van der Waals surface area (Å²) in [7, 11) is 0. The summed E-state index contributed by atoms with van der Waals surface area (Å²) < 4.78 is 5.62. The number of non-ortho nitro benzene ring substituents is 1. The largest absolute Gasteiger partial charge is 0.457 e. The van der Waals surface area contributed by atoms with Crippen LogP contribution in [0.2, 0.25) is 0 Å². The van der Waals surface area contributed by atoms with Crippen molar-refractivity contribution in [2.75, 3.05) is 0 Å². The highest BCUT2D eigenvalue weighted by Crippen LogP contribution is 2.26. The normalized spacial score (nSPS) is 15.8. The lowest BCUT2D eigenvalue weighted by atomic mass is 10.1. The Morgan fingerprint density at radius 2 is 1.91 bits per heavy atom. The number of nitro benzene ring substituents is 1. The van der Waals surface area contributed by atoms with E-state index >= 15 is 0 Å². The Hall–Kier alpha value is -3.22. The highest BCUT2D eigenvalue weighted by Gasteiger charge is 2.22. The third-order valence-electron chi connectivity index (χ3n) is 3.15. The zero-order valence-electron chi connectivity index (χ0n) is 11.5. The van der Waals surface area contributed by atoms with E-state index in [0.717, 1.165) is 0 Å². The van der Waals surface area contributed by atoms with Crippen LogP contribution in [-0.2, 0) is 9.63 Å². The van der Waals surface area contributed by atoms with E-state index < -0.39 is 10.9 Å². The predicted octanol–water partition coefficient (Wildman–Crippen LogP) is 3.17. The summed E-state index contributed by atoms with van der Waals surface area (Å²) in [6.07, 6.45) is 1.54. The molecule has 0 unspecified atom stereocenters. The molecule has 0 spiro atoms. The Kier molecular flexibility index (Phi) is 3.30. The summed E-state index contributed by atoms with van der Waals surface area (Å²) >= 11 is 0. The molecule has 7 heteroatoms. The number of nitrogens with zero attached hydrogens (tertiary/aromatic N) is 2. The van der Waals surface area contributed by atoms with Gasteiger partial charge in [-0.15, -0.1) is 0 Å². The Morgan fingerprint density at radius 1 is 1.18 bits per heavy atom. The predicted molar refractivity (Wildman–Crippen MR) is 78.0 cm³/mol. The molecular formula is C15H10N2O5. The minimum absolute atomic E-state index is 0.0122. The molecule has 3 rings (SSSR count). The quantitative estimate of drug-likeness (QED) is 0.375. The molecule has 0 saturated carbocycles. The molecule has 1 aliphatic heterocycles. The number of rotatable bonds is 3. The van der Waals surface area contributed by atoms with Crippen molar-refractivity contribution in [2.24, 2.45) is 5.16 Å². The van der Waals surface area contributed by atoms with Gasteiger partial charge in [0.1, 0.15) is 11.5 Å². The van der Waals surface area contributed by atoms with Gasteiger partial charge in [0.2, 0.25) is 0 Å². The summed E-state index contributed by atoms with van der Waals surface area (Å²) in [5.41, 5.74) is 1.54. The summed E-state index contributed by atoms with van der Waals surface area (Å²) in [4.78, 5) is 26.2. The van der Waals surface area contributed by atoms with Crippen LogP contribution in [0.15, 0.2) is 51.5 Å². The maximum Gasteiger partial charge on any atom is 0.367 e. The average molecular weight is 298 g/mol. The van der Waals surface area contributed by atoms with Gasteiger partial charge in [0.25, 0.3) is 5.69 Å². The number of oxime groups is 1. The lowest BCUT2D eigenvalue weighted by Gasteiger charge is -1.96. The van der Waals surface area contributed by atoms with Gasteiger partial charge < -0.3 is 9.25 Å². The number of benzene rings is 1. The van der Waals surface area contributed by atoms with E-state index in [1.165, 1.54) is 12.1 Å². The van der Waals surface area contributed by atoms with E-state index in [1.807, 2.05) is 0 Å². The van der Waals surface area contributed by atoms with Crippen molar-refractivity contribution in [2.45, 2.75) is 6.92 Å². The smallest absolute Gasteiger partial charge is 0.367 e. The Morgan fingerprint density at radius 3 is 2.50 bits per heavy atom. The van der Waals surface area contributed by atoms with Gasteiger partial charge in [-0.05, 0) is 37.3 Å². The van der Waals surface area contributed by atoms with Crippen LogP contribution in [0, 0.1) is 10.1 Å². The fourth-order valence-corrected chi connectivity index (χ4v) is 1.99. The second-order valence-electron chi connectivity index (χ2n) is 4.62. The number of furan rings is 1. The number of carbonyl (C=O) groups is 1. The summed E-state index contributed by atoms with van der Waals surface area (Å²) in [5, 5.41) is 14.2. The topological polar surface area (TPSA) is 94.9 Å². The molecule has 0 radical (unpaired) electrons. The molecule has 2 aromatic rings. The maximum absolute atomic E-state index is 11.5. The highest BCUT2D eigenvalue weighted by atomic mass is 16.7. The van der Waals surface area contributed by atoms with Crippen LogP contribution < -0.4 is 0 Å². The van der Waals surface area contributed by atoms with Crippen LogP contribution in [0.3, 0.4) is 0 Å². The Labute approximate surface area is 124 Å². The van der Waals surface area contributed by atoms with E-state index in [-0.39, 0.29) is 5.69 Å². The van der Waals surface area contributed by atoms with Gasteiger partial charge in [0.15, 0.2) is 0 Å². The van der Waals surface area contributed by atoms with E-state index in [9.17, 15) is 14.9 Å². The van der Waals surface area contributed by atoms with E-state index in [1.54, 1.807) is 37.3 Å². The third kappa shape index (κ3) is 2.51. The monoisotopic (exact) mass is 298 g/mol. The van der Waals surface area contributed by atoms with Gasteiger partial charge >= 0.3 is 5.97 Å². The molecule has 0 bridgehead atoms. The van der Waals surface area contributed by atoms with Crippen molar-refractivity contribution in [3.63, 3.8) is 0 Å². The Bertz CT molecular complexity index is 815. The molecule has 2 heterocycles. The van der Waals surface area contributed by atoms with Gasteiger partial charge in [0.05, 0.1) is 16.2 Å². The lowest BCUT2D eigenvalue weighted by Crippen LogP contribution is -2.01. The van der Waals surface area contributed by atoms with E-state index in [4.69, 9.17) is 4.42 Å². The average Bonchev–Trinajstić information content (AvgIpc) is 3.10. The minimum atomic E-state index is -0.522. The second kappa shape index (κ2) is 5.28. The molecular weight excluding hydrogens is 288 g/mol. The molecule has 0 N–H and O–H groups in total. The van der Waals surface area contributed by atoms with Crippen LogP contribution in [0.1, 0.15) is 12.7 Å². The Balaban J connectivity index is 1.88. The molecule has 0 aliphatic carbocycles. The molecule has 0 amide bonds. The molecule has 0 fully saturated rings. The van der Waals surface area contributed by atoms with Gasteiger partial charge in [-0.25, -0.2) is 4.79 Å². The number of carbonyl (C=O) groups excluding carboxylic acids is 1. The molecule has 1 aliphatic rings. The molecule has 1 aromatic carbocycles. The first kappa shape index (κ1) is 13.7. The van der Waals surface area contributed by atoms with Crippen molar-refractivity contribution < 1.29 is 19.0 Å². The van der Waals surface area contributed by atoms with Crippen molar-refractivity contribution in [3.8, 4) is 11.3 Å². The van der Waals surface area contributed by atoms with Crippen LogP contribution in [-0.4, -0.2) is 16.6 Å². The third-order valence-corrected chi connectivity index (χ3v) is 3.15. The highest BCUT2D eigenvalue weighted by molar-refractivity contribution is 6.24. The number of hydrogen-bond donors (Lipinski definition) is 0. The molecule has 22 heavy (non-hydrogen) atoms. The van der Waals surface area contributed by atoms with E-state index in [2.05, 4.69) is 9.99 Å². The van der Waals surface area contributed by atoms with Gasteiger partial charge in [-0.2, -0.15) is 0 Å². The molecule has 7 nitrogen and oxygen atoms in total. The van der Waals surface area contributed by atoms with Gasteiger partial charge in [0, 0.05) is 17.7 Å². The number of hydrogen-bond acceptors (Lipinski definition) is 6. The van der Waals surface area contributed by atoms with Crippen LogP contribution >= 0.6 is 0 Å². The first-order valence-electron chi connectivity index (χ1n) is 6.37. The van der Waals surface area contributed by atoms with Crippen molar-refractivity contribution >= 4 is 23.4 Å². The summed E-state index contributed by atoms with van der Waals surface area (Å²) in [6.45, 7) is 1.66. The van der Waals surface area contributed by atoms with Crippen molar-refractivity contribution in [3.05, 3.63) is 57.8 Å². The van der Waals surface area contributed by atoms with Crippen LogP contribution in [0.25, 0.3) is 17.4 Å². The molecule has 0 atom stereocenters. The van der Waals surface area contributed by atoms with Gasteiger partial charge in [-0.1, -0.05) is 5.16 Å². The second-order valence-corrected chi connectivity index (χ2v) is 4.62.